The van der Waals surface area contributed by atoms with Crippen LogP contribution in [0.3, 0.4) is 0 Å². The second-order valence-corrected chi connectivity index (χ2v) is 4.87. The first-order chi connectivity index (χ1) is 11.9. The van der Waals surface area contributed by atoms with Crippen molar-refractivity contribution in [2.45, 2.75) is 0 Å². The van der Waals surface area contributed by atoms with Crippen molar-refractivity contribution in [2.24, 2.45) is 0 Å². The molecule has 2 N–H and O–H groups in total. The first kappa shape index (κ1) is 17.9. The number of carbonyl (C=O) groups is 2. The summed E-state index contributed by atoms with van der Waals surface area (Å²) in [5.41, 5.74) is 0.250. The highest BCUT2D eigenvalue weighted by Crippen LogP contribution is 2.25. The van der Waals surface area contributed by atoms with Crippen LogP contribution in [0.4, 0.5) is 21.5 Å². The van der Waals surface area contributed by atoms with Crippen molar-refractivity contribution in [1.82, 2.24) is 0 Å². The molecule has 0 aliphatic carbocycles. The number of hydrogen-bond acceptors (Lipinski definition) is 6. The molecule has 0 unspecified atom stereocenters. The minimum absolute atomic E-state index is 0.0553. The van der Waals surface area contributed by atoms with Gasteiger partial charge in [0.05, 0.1) is 10.5 Å². The molecule has 8 nitrogen and oxygen atoms in total. The zero-order chi connectivity index (χ0) is 18.4. The molecule has 0 aromatic heterocycles. The van der Waals surface area contributed by atoms with E-state index >= 15 is 0 Å². The Bertz CT molecular complexity index is 808. The number of anilines is 2. The van der Waals surface area contributed by atoms with Crippen molar-refractivity contribution in [3.8, 4) is 0 Å². The second kappa shape index (κ2) is 7.86. The fourth-order valence-electron chi connectivity index (χ4n) is 1.97. The molecule has 0 spiro atoms. The van der Waals surface area contributed by atoms with Gasteiger partial charge in [0.1, 0.15) is 11.5 Å². The van der Waals surface area contributed by atoms with Gasteiger partial charge >= 0.3 is 5.97 Å². The SMILES string of the molecule is CNc1ccc(C(=O)OCC(=O)Nc2ccc(F)cc2)cc1[N+](=O)[O-]. The number of amides is 1. The summed E-state index contributed by atoms with van der Waals surface area (Å²) >= 11 is 0. The van der Waals surface area contributed by atoms with Crippen LogP contribution in [0.5, 0.6) is 0 Å². The molecular formula is C16H14FN3O5. The van der Waals surface area contributed by atoms with Gasteiger partial charge in [0.15, 0.2) is 6.61 Å². The van der Waals surface area contributed by atoms with Gasteiger partial charge in [-0.25, -0.2) is 9.18 Å². The molecule has 1 amide bonds. The Hall–Kier alpha value is -3.49. The summed E-state index contributed by atoms with van der Waals surface area (Å²) in [6, 6.07) is 8.83. The summed E-state index contributed by atoms with van der Waals surface area (Å²) in [6.45, 7) is -0.586. The van der Waals surface area contributed by atoms with E-state index in [4.69, 9.17) is 4.74 Å². The average Bonchev–Trinajstić information content (AvgIpc) is 2.61. The maximum atomic E-state index is 12.8. The average molecular weight is 347 g/mol. The van der Waals surface area contributed by atoms with E-state index in [2.05, 4.69) is 10.6 Å². The molecular weight excluding hydrogens is 333 g/mol. The molecule has 2 aromatic carbocycles. The maximum absolute atomic E-state index is 12.8. The molecule has 0 fully saturated rings. The quantitative estimate of drug-likeness (QED) is 0.472. The lowest BCUT2D eigenvalue weighted by atomic mass is 10.1. The number of hydrogen-bond donors (Lipinski definition) is 2. The van der Waals surface area contributed by atoms with Crippen LogP contribution >= 0.6 is 0 Å². The topological polar surface area (TPSA) is 111 Å². The molecule has 2 rings (SSSR count). The minimum atomic E-state index is -0.875. The molecule has 0 aliphatic rings. The fraction of sp³-hybridized carbons (Fsp3) is 0.125. The predicted molar refractivity (Wildman–Crippen MR) is 88.0 cm³/mol. The Morgan fingerprint density at radius 1 is 1.20 bits per heavy atom. The van der Waals surface area contributed by atoms with Gasteiger partial charge in [-0.2, -0.15) is 0 Å². The molecule has 2 aromatic rings. The largest absolute Gasteiger partial charge is 0.452 e. The molecule has 0 atom stereocenters. The number of carbonyl (C=O) groups excluding carboxylic acids is 2. The van der Waals surface area contributed by atoms with E-state index in [0.29, 0.717) is 5.69 Å². The summed E-state index contributed by atoms with van der Waals surface area (Å²) < 4.78 is 17.6. The molecule has 0 aliphatic heterocycles. The van der Waals surface area contributed by atoms with E-state index in [-0.39, 0.29) is 16.9 Å². The van der Waals surface area contributed by atoms with Crippen LogP contribution in [0.15, 0.2) is 42.5 Å². The highest BCUT2D eigenvalue weighted by atomic mass is 19.1. The van der Waals surface area contributed by atoms with E-state index in [1.54, 1.807) is 0 Å². The Morgan fingerprint density at radius 3 is 2.48 bits per heavy atom. The number of nitro groups is 1. The molecule has 25 heavy (non-hydrogen) atoms. The van der Waals surface area contributed by atoms with Crippen LogP contribution in [-0.4, -0.2) is 30.5 Å². The second-order valence-electron chi connectivity index (χ2n) is 4.87. The van der Waals surface area contributed by atoms with Gasteiger partial charge < -0.3 is 15.4 Å². The summed E-state index contributed by atoms with van der Waals surface area (Å²) in [5.74, 6) is -1.95. The first-order valence-electron chi connectivity index (χ1n) is 7.09. The van der Waals surface area contributed by atoms with Crippen LogP contribution < -0.4 is 10.6 Å². The van der Waals surface area contributed by atoms with E-state index in [9.17, 15) is 24.1 Å². The summed E-state index contributed by atoms with van der Waals surface area (Å²) in [7, 11) is 1.51. The number of esters is 1. The van der Waals surface area contributed by atoms with Crippen molar-refractivity contribution in [2.75, 3.05) is 24.3 Å². The number of nitrogens with one attached hydrogen (secondary N) is 2. The third kappa shape index (κ3) is 4.74. The first-order valence-corrected chi connectivity index (χ1v) is 7.09. The molecule has 0 saturated heterocycles. The van der Waals surface area contributed by atoms with Crippen LogP contribution in [0.1, 0.15) is 10.4 Å². The highest BCUT2D eigenvalue weighted by Gasteiger charge is 2.18. The Labute approximate surface area is 141 Å². The summed E-state index contributed by atoms with van der Waals surface area (Å²) in [6.07, 6.45) is 0. The zero-order valence-corrected chi connectivity index (χ0v) is 13.1. The summed E-state index contributed by atoms with van der Waals surface area (Å²) in [5, 5.41) is 16.0. The van der Waals surface area contributed by atoms with Crippen molar-refractivity contribution in [1.29, 1.82) is 0 Å². The van der Waals surface area contributed by atoms with Gasteiger partial charge in [-0.15, -0.1) is 0 Å². The van der Waals surface area contributed by atoms with Crippen LogP contribution in [0.2, 0.25) is 0 Å². The van der Waals surface area contributed by atoms with Crippen LogP contribution in [-0.2, 0) is 9.53 Å². The van der Waals surface area contributed by atoms with Crippen molar-refractivity contribution >= 4 is 28.9 Å². The molecule has 9 heteroatoms. The van der Waals surface area contributed by atoms with E-state index in [0.717, 1.165) is 6.07 Å². The predicted octanol–water partition coefficient (Wildman–Crippen LogP) is 2.57. The number of nitrogens with zero attached hydrogens (tertiary/aromatic N) is 1. The standard InChI is InChI=1S/C16H14FN3O5/c1-18-13-7-2-10(8-14(13)20(23)24)16(22)25-9-15(21)19-12-5-3-11(17)4-6-12/h2-8,18H,9H2,1H3,(H,19,21). The zero-order valence-electron chi connectivity index (χ0n) is 13.1. The Balaban J connectivity index is 1.97. The normalized spacial score (nSPS) is 10.0. The lowest BCUT2D eigenvalue weighted by molar-refractivity contribution is -0.384. The van der Waals surface area contributed by atoms with Crippen molar-refractivity contribution in [3.05, 3.63) is 64.0 Å². The molecule has 0 bridgehead atoms. The molecule has 0 radical (unpaired) electrons. The number of nitro benzene ring substituents is 1. The van der Waals surface area contributed by atoms with Gasteiger partial charge in [0, 0.05) is 18.8 Å². The number of ether oxygens (including phenoxy) is 1. The Kier molecular flexibility index (Phi) is 5.62. The van der Waals surface area contributed by atoms with Crippen LogP contribution in [0.25, 0.3) is 0 Å². The minimum Gasteiger partial charge on any atom is -0.452 e. The molecule has 0 saturated carbocycles. The van der Waals surface area contributed by atoms with Crippen molar-refractivity contribution < 1.29 is 23.6 Å². The Morgan fingerprint density at radius 2 is 1.88 bits per heavy atom. The lowest BCUT2D eigenvalue weighted by Crippen LogP contribution is -2.21. The van der Waals surface area contributed by atoms with E-state index in [1.807, 2.05) is 0 Å². The van der Waals surface area contributed by atoms with E-state index in [1.165, 1.54) is 43.4 Å². The number of rotatable bonds is 6. The van der Waals surface area contributed by atoms with Gasteiger partial charge in [-0.3, -0.25) is 14.9 Å². The van der Waals surface area contributed by atoms with Crippen LogP contribution in [0, 0.1) is 15.9 Å². The van der Waals surface area contributed by atoms with E-state index < -0.39 is 29.2 Å². The van der Waals surface area contributed by atoms with Gasteiger partial charge in [0.2, 0.25) is 0 Å². The van der Waals surface area contributed by atoms with Gasteiger partial charge in [-0.1, -0.05) is 0 Å². The smallest absolute Gasteiger partial charge is 0.338 e. The fourth-order valence-corrected chi connectivity index (χ4v) is 1.97. The number of benzene rings is 2. The third-order valence-electron chi connectivity index (χ3n) is 3.16. The number of halogens is 1. The highest BCUT2D eigenvalue weighted by molar-refractivity contribution is 5.96. The lowest BCUT2D eigenvalue weighted by Gasteiger charge is -2.07. The molecule has 130 valence electrons. The third-order valence-corrected chi connectivity index (χ3v) is 3.16. The molecule has 0 heterocycles. The monoisotopic (exact) mass is 347 g/mol. The van der Waals surface area contributed by atoms with Gasteiger partial charge in [-0.05, 0) is 36.4 Å². The van der Waals surface area contributed by atoms with Gasteiger partial charge in [0.25, 0.3) is 11.6 Å². The summed E-state index contributed by atoms with van der Waals surface area (Å²) in [4.78, 5) is 34.0. The van der Waals surface area contributed by atoms with Crippen molar-refractivity contribution in [3.63, 3.8) is 0 Å². The maximum Gasteiger partial charge on any atom is 0.338 e.